The molecular formula is C21H31IN4O. The summed E-state index contributed by atoms with van der Waals surface area (Å²) in [4.78, 5) is 6.38. The second-order valence-corrected chi connectivity index (χ2v) is 6.47. The Hall–Kier alpha value is -1.96. The Morgan fingerprint density at radius 1 is 1.04 bits per heavy atom. The molecule has 0 aromatic heterocycles. The van der Waals surface area contributed by atoms with Crippen molar-refractivity contribution in [1.82, 2.24) is 10.6 Å². The van der Waals surface area contributed by atoms with Gasteiger partial charge in [-0.1, -0.05) is 24.3 Å². The molecule has 0 unspecified atom stereocenters. The number of halogens is 1. The molecule has 0 fully saturated rings. The van der Waals surface area contributed by atoms with Crippen LogP contribution in [-0.2, 0) is 13.0 Å². The monoisotopic (exact) mass is 482 g/mol. The predicted octanol–water partition coefficient (Wildman–Crippen LogP) is 3.60. The number of nitrogens with one attached hydrogen (secondary N) is 2. The standard InChI is InChI=1S/C21H30N4O.HI/c1-16-6-7-17(14-20(16)26-5)12-13-23-21(22-2)24-15-18-8-10-19(11-9-18)25(3)4;/h6-11,14H,12-13,15H2,1-5H3,(H2,22,23,24);1H. The van der Waals surface area contributed by atoms with Crippen molar-refractivity contribution in [2.45, 2.75) is 19.9 Å². The number of rotatable bonds is 7. The van der Waals surface area contributed by atoms with Crippen LogP contribution in [0.25, 0.3) is 0 Å². The molecule has 148 valence electrons. The molecule has 0 radical (unpaired) electrons. The Bertz CT molecular complexity index is 729. The zero-order chi connectivity index (χ0) is 18.9. The Morgan fingerprint density at radius 2 is 1.70 bits per heavy atom. The van der Waals surface area contributed by atoms with E-state index < -0.39 is 0 Å². The van der Waals surface area contributed by atoms with Gasteiger partial charge in [-0.15, -0.1) is 24.0 Å². The van der Waals surface area contributed by atoms with E-state index in [0.717, 1.165) is 36.8 Å². The first-order chi connectivity index (χ1) is 12.5. The first kappa shape index (κ1) is 23.1. The third-order valence-corrected chi connectivity index (χ3v) is 4.31. The fourth-order valence-corrected chi connectivity index (χ4v) is 2.66. The summed E-state index contributed by atoms with van der Waals surface area (Å²) >= 11 is 0. The average molecular weight is 482 g/mol. The van der Waals surface area contributed by atoms with Crippen LogP contribution in [0, 0.1) is 6.92 Å². The Labute approximate surface area is 180 Å². The van der Waals surface area contributed by atoms with Crippen molar-refractivity contribution in [3.8, 4) is 5.75 Å². The van der Waals surface area contributed by atoms with Crippen molar-refractivity contribution in [1.29, 1.82) is 0 Å². The highest BCUT2D eigenvalue weighted by atomic mass is 127. The van der Waals surface area contributed by atoms with Crippen LogP contribution in [0.3, 0.4) is 0 Å². The third-order valence-electron chi connectivity index (χ3n) is 4.31. The number of hydrogen-bond acceptors (Lipinski definition) is 3. The van der Waals surface area contributed by atoms with Crippen LogP contribution in [0.15, 0.2) is 47.5 Å². The van der Waals surface area contributed by atoms with Crippen molar-refractivity contribution in [2.75, 3.05) is 39.7 Å². The van der Waals surface area contributed by atoms with Crippen molar-refractivity contribution in [3.05, 3.63) is 59.2 Å². The van der Waals surface area contributed by atoms with Gasteiger partial charge in [0.15, 0.2) is 5.96 Å². The van der Waals surface area contributed by atoms with Gasteiger partial charge in [-0.2, -0.15) is 0 Å². The van der Waals surface area contributed by atoms with Crippen molar-refractivity contribution >= 4 is 35.6 Å². The maximum atomic E-state index is 5.39. The van der Waals surface area contributed by atoms with Crippen molar-refractivity contribution in [3.63, 3.8) is 0 Å². The van der Waals surface area contributed by atoms with Gasteiger partial charge in [0.1, 0.15) is 5.75 Å². The quantitative estimate of drug-likeness (QED) is 0.360. The van der Waals surface area contributed by atoms with E-state index in [2.05, 4.69) is 69.9 Å². The van der Waals surface area contributed by atoms with Gasteiger partial charge in [-0.3, -0.25) is 4.99 Å². The van der Waals surface area contributed by atoms with Gasteiger partial charge in [0.25, 0.3) is 0 Å². The summed E-state index contributed by atoms with van der Waals surface area (Å²) in [6, 6.07) is 14.8. The minimum atomic E-state index is 0. The lowest BCUT2D eigenvalue weighted by atomic mass is 10.1. The molecule has 0 amide bonds. The van der Waals surface area contributed by atoms with Gasteiger partial charge in [-0.25, -0.2) is 0 Å². The van der Waals surface area contributed by atoms with E-state index in [4.69, 9.17) is 4.74 Å². The molecule has 2 aromatic carbocycles. The lowest BCUT2D eigenvalue weighted by Gasteiger charge is -2.14. The molecule has 0 atom stereocenters. The molecule has 0 saturated carbocycles. The van der Waals surface area contributed by atoms with Crippen molar-refractivity contribution < 1.29 is 4.74 Å². The van der Waals surface area contributed by atoms with E-state index in [0.29, 0.717) is 0 Å². The molecular weight excluding hydrogens is 451 g/mol. The number of anilines is 1. The van der Waals surface area contributed by atoms with Gasteiger partial charge in [0.2, 0.25) is 0 Å². The molecule has 6 heteroatoms. The molecule has 0 saturated heterocycles. The van der Waals surface area contributed by atoms with E-state index >= 15 is 0 Å². The number of hydrogen-bond donors (Lipinski definition) is 2. The summed E-state index contributed by atoms with van der Waals surface area (Å²) in [6.07, 6.45) is 0.912. The highest BCUT2D eigenvalue weighted by Crippen LogP contribution is 2.19. The van der Waals surface area contributed by atoms with E-state index in [1.165, 1.54) is 16.8 Å². The number of aryl methyl sites for hydroxylation is 1. The van der Waals surface area contributed by atoms with Gasteiger partial charge < -0.3 is 20.3 Å². The fourth-order valence-electron chi connectivity index (χ4n) is 2.66. The second kappa shape index (κ2) is 11.7. The molecule has 0 aliphatic heterocycles. The molecule has 5 nitrogen and oxygen atoms in total. The van der Waals surface area contributed by atoms with E-state index in [-0.39, 0.29) is 24.0 Å². The van der Waals surface area contributed by atoms with Crippen LogP contribution < -0.4 is 20.3 Å². The summed E-state index contributed by atoms with van der Waals surface area (Å²) in [5.41, 5.74) is 4.82. The van der Waals surface area contributed by atoms with Gasteiger partial charge in [0, 0.05) is 39.9 Å². The summed E-state index contributed by atoms with van der Waals surface area (Å²) in [5, 5.41) is 6.71. The van der Waals surface area contributed by atoms with Crippen LogP contribution in [0.2, 0.25) is 0 Å². The summed E-state index contributed by atoms with van der Waals surface area (Å²) < 4.78 is 5.39. The summed E-state index contributed by atoms with van der Waals surface area (Å²) in [7, 11) is 7.59. The molecule has 0 heterocycles. The minimum Gasteiger partial charge on any atom is -0.496 e. The first-order valence-electron chi connectivity index (χ1n) is 8.87. The smallest absolute Gasteiger partial charge is 0.191 e. The number of methoxy groups -OCH3 is 1. The highest BCUT2D eigenvalue weighted by molar-refractivity contribution is 14.0. The second-order valence-electron chi connectivity index (χ2n) is 6.47. The number of guanidine groups is 1. The van der Waals surface area contributed by atoms with E-state index in [1.54, 1.807) is 14.2 Å². The summed E-state index contributed by atoms with van der Waals surface area (Å²) in [5.74, 6) is 1.74. The zero-order valence-electron chi connectivity index (χ0n) is 16.9. The highest BCUT2D eigenvalue weighted by Gasteiger charge is 2.02. The van der Waals surface area contributed by atoms with Crippen LogP contribution in [-0.4, -0.2) is 40.8 Å². The van der Waals surface area contributed by atoms with Crippen LogP contribution in [0.1, 0.15) is 16.7 Å². The maximum Gasteiger partial charge on any atom is 0.191 e. The Kier molecular flexibility index (Phi) is 9.99. The topological polar surface area (TPSA) is 48.9 Å². The number of aliphatic imine (C=N–C) groups is 1. The van der Waals surface area contributed by atoms with E-state index in [1.807, 2.05) is 14.1 Å². The van der Waals surface area contributed by atoms with Crippen LogP contribution in [0.4, 0.5) is 5.69 Å². The predicted molar refractivity (Wildman–Crippen MR) is 126 cm³/mol. The maximum absolute atomic E-state index is 5.39. The van der Waals surface area contributed by atoms with Crippen LogP contribution in [0.5, 0.6) is 5.75 Å². The van der Waals surface area contributed by atoms with Crippen LogP contribution >= 0.6 is 24.0 Å². The minimum absolute atomic E-state index is 0. The third kappa shape index (κ3) is 7.28. The number of nitrogens with zero attached hydrogens (tertiary/aromatic N) is 2. The van der Waals surface area contributed by atoms with Gasteiger partial charge in [0.05, 0.1) is 7.11 Å². The Morgan fingerprint density at radius 3 is 2.30 bits per heavy atom. The molecule has 2 rings (SSSR count). The first-order valence-corrected chi connectivity index (χ1v) is 8.87. The molecule has 0 spiro atoms. The molecule has 2 aromatic rings. The van der Waals surface area contributed by atoms with Gasteiger partial charge in [-0.05, 0) is 48.2 Å². The SMILES string of the molecule is CN=C(NCCc1ccc(C)c(OC)c1)NCc1ccc(N(C)C)cc1.I. The average Bonchev–Trinajstić information content (AvgIpc) is 2.66. The molecule has 0 aliphatic rings. The number of ether oxygens (including phenoxy) is 1. The van der Waals surface area contributed by atoms with Crippen molar-refractivity contribution in [2.24, 2.45) is 4.99 Å². The lowest BCUT2D eigenvalue weighted by Crippen LogP contribution is -2.37. The number of benzene rings is 2. The molecule has 27 heavy (non-hydrogen) atoms. The molecule has 0 aliphatic carbocycles. The van der Waals surface area contributed by atoms with Gasteiger partial charge >= 0.3 is 0 Å². The molecule has 2 N–H and O–H groups in total. The normalized spacial score (nSPS) is 10.8. The molecule has 0 bridgehead atoms. The lowest BCUT2D eigenvalue weighted by molar-refractivity contribution is 0.411. The Balaban J connectivity index is 0.00000364. The summed E-state index contributed by atoms with van der Waals surface area (Å²) in [6.45, 7) is 3.61. The largest absolute Gasteiger partial charge is 0.496 e. The fraction of sp³-hybridized carbons (Fsp3) is 0.381. The zero-order valence-corrected chi connectivity index (χ0v) is 19.2. The van der Waals surface area contributed by atoms with E-state index in [9.17, 15) is 0 Å².